The lowest BCUT2D eigenvalue weighted by atomic mass is 9.85. The number of thiophene rings is 1. The van der Waals surface area contributed by atoms with E-state index < -0.39 is 11.6 Å². The van der Waals surface area contributed by atoms with Gasteiger partial charge in [0.1, 0.15) is 11.2 Å². The molecule has 1 aromatic carbocycles. The molecule has 1 aliphatic rings. The van der Waals surface area contributed by atoms with E-state index in [-0.39, 0.29) is 12.5 Å². The summed E-state index contributed by atoms with van der Waals surface area (Å²) >= 11 is 1.54. The number of urea groups is 1. The van der Waals surface area contributed by atoms with Crippen molar-refractivity contribution in [1.82, 2.24) is 15.4 Å². The van der Waals surface area contributed by atoms with Gasteiger partial charge in [-0.05, 0) is 23.4 Å². The third-order valence-corrected chi connectivity index (χ3v) is 5.59. The van der Waals surface area contributed by atoms with Crippen molar-refractivity contribution in [2.75, 3.05) is 0 Å². The van der Waals surface area contributed by atoms with Crippen molar-refractivity contribution in [1.29, 1.82) is 0 Å². The van der Waals surface area contributed by atoms with Crippen molar-refractivity contribution >= 4 is 23.3 Å². The zero-order valence-corrected chi connectivity index (χ0v) is 15.7. The second-order valence-corrected chi connectivity index (χ2v) is 7.45. The van der Waals surface area contributed by atoms with Crippen LogP contribution in [0.4, 0.5) is 4.79 Å². The van der Waals surface area contributed by atoms with Gasteiger partial charge in [-0.1, -0.05) is 54.9 Å². The Labute approximate surface area is 160 Å². The fourth-order valence-electron chi connectivity index (χ4n) is 3.46. The van der Waals surface area contributed by atoms with Gasteiger partial charge in [0.2, 0.25) is 0 Å². The minimum absolute atomic E-state index is 0.0812. The van der Waals surface area contributed by atoms with Crippen LogP contribution in [0.3, 0.4) is 0 Å². The largest absolute Gasteiger partial charge is 0.355 e. The molecule has 3 heterocycles. The molecular weight excluding hydrogens is 362 g/mol. The van der Waals surface area contributed by atoms with Crippen LogP contribution in [0, 0.1) is 0 Å². The second-order valence-electron chi connectivity index (χ2n) is 6.50. The molecule has 1 atom stereocenters. The molecule has 0 spiro atoms. The van der Waals surface area contributed by atoms with E-state index in [4.69, 9.17) is 4.52 Å². The summed E-state index contributed by atoms with van der Waals surface area (Å²) in [7, 11) is 0. The van der Waals surface area contributed by atoms with Crippen LogP contribution in [0.2, 0.25) is 0 Å². The average molecular weight is 381 g/mol. The molecule has 6 nitrogen and oxygen atoms in total. The van der Waals surface area contributed by atoms with Gasteiger partial charge < -0.3 is 9.84 Å². The fraction of sp³-hybridized carbons (Fsp3) is 0.250. The Kier molecular flexibility index (Phi) is 4.53. The van der Waals surface area contributed by atoms with Gasteiger partial charge in [0.15, 0.2) is 5.76 Å². The summed E-state index contributed by atoms with van der Waals surface area (Å²) in [6.45, 7) is 2.08. The van der Waals surface area contributed by atoms with Crippen LogP contribution in [0.1, 0.15) is 31.0 Å². The maximum atomic E-state index is 13.3. The van der Waals surface area contributed by atoms with Crippen LogP contribution in [0.15, 0.2) is 58.4 Å². The molecule has 0 radical (unpaired) electrons. The van der Waals surface area contributed by atoms with Gasteiger partial charge in [-0.15, -0.1) is 11.3 Å². The van der Waals surface area contributed by atoms with Crippen molar-refractivity contribution in [3.63, 3.8) is 0 Å². The normalized spacial score (nSPS) is 19.5. The van der Waals surface area contributed by atoms with E-state index in [2.05, 4.69) is 10.5 Å². The molecule has 1 aliphatic heterocycles. The molecule has 1 N–H and O–H groups in total. The molecule has 0 aliphatic carbocycles. The van der Waals surface area contributed by atoms with Crippen LogP contribution in [-0.2, 0) is 16.9 Å². The summed E-state index contributed by atoms with van der Waals surface area (Å²) in [5, 5.41) is 8.90. The Bertz CT molecular complexity index is 952. The van der Waals surface area contributed by atoms with E-state index >= 15 is 0 Å². The van der Waals surface area contributed by atoms with Gasteiger partial charge in [0.25, 0.3) is 5.91 Å². The minimum Gasteiger partial charge on any atom is -0.355 e. The molecule has 0 saturated carbocycles. The Morgan fingerprint density at radius 3 is 2.70 bits per heavy atom. The van der Waals surface area contributed by atoms with E-state index in [9.17, 15) is 9.59 Å². The van der Waals surface area contributed by atoms with E-state index in [1.54, 1.807) is 17.4 Å². The van der Waals surface area contributed by atoms with Crippen molar-refractivity contribution in [3.8, 4) is 10.6 Å². The molecule has 27 heavy (non-hydrogen) atoms. The third-order valence-electron chi connectivity index (χ3n) is 4.71. The fourth-order valence-corrected chi connectivity index (χ4v) is 4.13. The third kappa shape index (κ3) is 3.04. The number of benzene rings is 1. The van der Waals surface area contributed by atoms with Crippen molar-refractivity contribution < 1.29 is 14.1 Å². The Balaban J connectivity index is 1.61. The van der Waals surface area contributed by atoms with E-state index in [1.165, 1.54) is 4.90 Å². The summed E-state index contributed by atoms with van der Waals surface area (Å²) in [6.07, 6.45) is 1.30. The van der Waals surface area contributed by atoms with E-state index in [1.807, 2.05) is 54.8 Å². The van der Waals surface area contributed by atoms with Gasteiger partial charge >= 0.3 is 6.03 Å². The Hall–Kier alpha value is -2.93. The lowest BCUT2D eigenvalue weighted by Gasteiger charge is -2.26. The minimum atomic E-state index is -1.02. The van der Waals surface area contributed by atoms with Crippen LogP contribution in [0.25, 0.3) is 10.6 Å². The van der Waals surface area contributed by atoms with Crippen LogP contribution >= 0.6 is 11.3 Å². The summed E-state index contributed by atoms with van der Waals surface area (Å²) < 4.78 is 5.36. The predicted octanol–water partition coefficient (Wildman–Crippen LogP) is 4.15. The molecule has 2 aromatic heterocycles. The van der Waals surface area contributed by atoms with Crippen LogP contribution in [-0.4, -0.2) is 22.0 Å². The quantitative estimate of drug-likeness (QED) is 0.651. The molecule has 4 rings (SSSR count). The van der Waals surface area contributed by atoms with Gasteiger partial charge in [-0.2, -0.15) is 0 Å². The van der Waals surface area contributed by atoms with Crippen molar-refractivity contribution in [2.45, 2.75) is 31.8 Å². The first kappa shape index (κ1) is 17.5. The lowest BCUT2D eigenvalue weighted by Crippen LogP contribution is -2.43. The molecule has 7 heteroatoms. The first-order valence-corrected chi connectivity index (χ1v) is 9.71. The van der Waals surface area contributed by atoms with Crippen molar-refractivity contribution in [2.24, 2.45) is 0 Å². The first-order chi connectivity index (χ1) is 13.1. The lowest BCUT2D eigenvalue weighted by molar-refractivity contribution is -0.132. The molecule has 3 aromatic rings. The van der Waals surface area contributed by atoms with Gasteiger partial charge in [0, 0.05) is 6.07 Å². The number of hydrogen-bond donors (Lipinski definition) is 1. The van der Waals surface area contributed by atoms with E-state index in [0.29, 0.717) is 17.9 Å². The molecular formula is C20H19N3O3S. The highest BCUT2D eigenvalue weighted by atomic mass is 32.1. The number of rotatable bonds is 6. The summed E-state index contributed by atoms with van der Waals surface area (Å²) in [6, 6.07) is 14.6. The molecule has 1 unspecified atom stereocenters. The number of carbonyl (C=O) groups excluding carboxylic acids is 2. The van der Waals surface area contributed by atoms with Gasteiger partial charge in [-0.25, -0.2) is 4.79 Å². The van der Waals surface area contributed by atoms with Gasteiger partial charge in [0.05, 0.1) is 11.4 Å². The monoisotopic (exact) mass is 381 g/mol. The molecule has 138 valence electrons. The first-order valence-electron chi connectivity index (χ1n) is 8.83. The number of aromatic nitrogens is 1. The Morgan fingerprint density at radius 2 is 2.00 bits per heavy atom. The smallest absolute Gasteiger partial charge is 0.325 e. The highest BCUT2D eigenvalue weighted by Gasteiger charge is 2.51. The average Bonchev–Trinajstić information content (AvgIpc) is 3.41. The number of hydrogen-bond acceptors (Lipinski definition) is 5. The number of imide groups is 1. The SMILES string of the molecule is CCCC1(c2ccccc2)NC(=O)N(Cc2cc(-c3cccs3)on2)C1=O. The van der Waals surface area contributed by atoms with Crippen LogP contribution < -0.4 is 5.32 Å². The molecule has 0 bridgehead atoms. The molecule has 3 amide bonds. The maximum Gasteiger partial charge on any atom is 0.325 e. The maximum absolute atomic E-state index is 13.3. The standard InChI is InChI=1S/C20H19N3O3S/c1-2-10-20(14-7-4-3-5-8-14)18(24)23(19(25)21-20)13-15-12-16(26-22-15)17-9-6-11-27-17/h3-9,11-12H,2,10,13H2,1H3,(H,21,25). The number of amides is 3. The number of nitrogens with zero attached hydrogens (tertiary/aromatic N) is 2. The highest BCUT2D eigenvalue weighted by Crippen LogP contribution is 2.34. The van der Waals surface area contributed by atoms with E-state index in [0.717, 1.165) is 16.9 Å². The van der Waals surface area contributed by atoms with Crippen LogP contribution in [0.5, 0.6) is 0 Å². The van der Waals surface area contributed by atoms with Gasteiger partial charge in [-0.3, -0.25) is 9.69 Å². The van der Waals surface area contributed by atoms with Crippen molar-refractivity contribution in [3.05, 3.63) is 65.2 Å². The molecule has 1 fully saturated rings. The number of carbonyl (C=O) groups is 2. The highest BCUT2D eigenvalue weighted by molar-refractivity contribution is 7.13. The summed E-state index contributed by atoms with van der Waals surface area (Å²) in [5.74, 6) is 0.385. The second kappa shape index (κ2) is 7.00. The Morgan fingerprint density at radius 1 is 1.19 bits per heavy atom. The zero-order chi connectivity index (χ0) is 18.9. The predicted molar refractivity (Wildman–Crippen MR) is 102 cm³/mol. The summed E-state index contributed by atoms with van der Waals surface area (Å²) in [4.78, 5) is 28.1. The zero-order valence-electron chi connectivity index (χ0n) is 14.8. The topological polar surface area (TPSA) is 75.4 Å². The molecule has 1 saturated heterocycles. The summed E-state index contributed by atoms with van der Waals surface area (Å²) in [5.41, 5.74) is 0.322. The number of nitrogens with one attached hydrogen (secondary N) is 1.